The molecule has 0 aliphatic rings. The molecule has 0 aliphatic carbocycles. The first-order chi connectivity index (χ1) is 8.86. The lowest BCUT2D eigenvalue weighted by Crippen LogP contribution is -2.30. The number of nitrogens with one attached hydrogen (secondary N) is 2. The minimum Gasteiger partial charge on any atom is -0.313 e. The van der Waals surface area contributed by atoms with Crippen LogP contribution in [-0.2, 0) is 16.6 Å². The van der Waals surface area contributed by atoms with Crippen LogP contribution < -0.4 is 10.0 Å². The average molecular weight is 305 g/mol. The second-order valence-corrected chi connectivity index (χ2v) is 6.83. The SMILES string of the molecule is CCCNCc1cc(S(=O)(=O)NC(C)C)ccc1Cl. The van der Waals surface area contributed by atoms with E-state index in [0.29, 0.717) is 11.6 Å². The molecule has 2 N–H and O–H groups in total. The normalized spacial score (nSPS) is 12.1. The Bertz CT molecular complexity index is 515. The minimum absolute atomic E-state index is 0.137. The van der Waals surface area contributed by atoms with Crippen LogP contribution in [0.15, 0.2) is 23.1 Å². The molecule has 1 aromatic rings. The van der Waals surface area contributed by atoms with Gasteiger partial charge in [0.15, 0.2) is 0 Å². The third kappa shape index (κ3) is 5.10. The van der Waals surface area contributed by atoms with E-state index in [-0.39, 0.29) is 10.9 Å². The molecule has 0 amide bonds. The Morgan fingerprint density at radius 2 is 2.00 bits per heavy atom. The van der Waals surface area contributed by atoms with Gasteiger partial charge in [-0.15, -0.1) is 0 Å². The van der Waals surface area contributed by atoms with Crippen molar-refractivity contribution in [3.8, 4) is 0 Å². The fourth-order valence-electron chi connectivity index (χ4n) is 1.63. The van der Waals surface area contributed by atoms with Gasteiger partial charge in [-0.3, -0.25) is 0 Å². The van der Waals surface area contributed by atoms with Gasteiger partial charge in [0.05, 0.1) is 4.90 Å². The summed E-state index contributed by atoms with van der Waals surface area (Å²) in [6.45, 7) is 7.09. The summed E-state index contributed by atoms with van der Waals surface area (Å²) in [7, 11) is -3.47. The van der Waals surface area contributed by atoms with Gasteiger partial charge < -0.3 is 5.32 Å². The first kappa shape index (κ1) is 16.4. The smallest absolute Gasteiger partial charge is 0.240 e. The highest BCUT2D eigenvalue weighted by atomic mass is 35.5. The van der Waals surface area contributed by atoms with Crippen molar-refractivity contribution in [3.63, 3.8) is 0 Å². The topological polar surface area (TPSA) is 58.2 Å². The van der Waals surface area contributed by atoms with Crippen LogP contribution in [0.2, 0.25) is 5.02 Å². The van der Waals surface area contributed by atoms with E-state index in [9.17, 15) is 8.42 Å². The third-order valence-electron chi connectivity index (χ3n) is 2.46. The number of benzene rings is 1. The molecular weight excluding hydrogens is 284 g/mol. The molecule has 4 nitrogen and oxygen atoms in total. The fourth-order valence-corrected chi connectivity index (χ4v) is 3.12. The molecule has 6 heteroatoms. The van der Waals surface area contributed by atoms with E-state index in [2.05, 4.69) is 17.0 Å². The first-order valence-corrected chi connectivity index (χ1v) is 8.24. The zero-order chi connectivity index (χ0) is 14.5. The van der Waals surface area contributed by atoms with Crippen LogP contribution in [-0.4, -0.2) is 21.0 Å². The zero-order valence-electron chi connectivity index (χ0n) is 11.5. The van der Waals surface area contributed by atoms with Gasteiger partial charge in [-0.05, 0) is 50.6 Å². The molecule has 0 saturated heterocycles. The van der Waals surface area contributed by atoms with Gasteiger partial charge in [-0.2, -0.15) is 0 Å². The highest BCUT2D eigenvalue weighted by molar-refractivity contribution is 7.89. The molecular formula is C13H21ClN2O2S. The molecule has 108 valence electrons. The summed E-state index contributed by atoms with van der Waals surface area (Å²) in [5, 5.41) is 3.79. The Balaban J connectivity index is 2.95. The maximum atomic E-state index is 12.1. The highest BCUT2D eigenvalue weighted by Crippen LogP contribution is 2.20. The predicted molar refractivity (Wildman–Crippen MR) is 78.9 cm³/mol. The molecule has 0 fully saturated rings. The lowest BCUT2D eigenvalue weighted by Gasteiger charge is -2.12. The van der Waals surface area contributed by atoms with Gasteiger partial charge in [0, 0.05) is 17.6 Å². The second-order valence-electron chi connectivity index (χ2n) is 4.71. The monoisotopic (exact) mass is 304 g/mol. The van der Waals surface area contributed by atoms with Gasteiger partial charge in [0.2, 0.25) is 10.0 Å². The van der Waals surface area contributed by atoms with E-state index in [1.54, 1.807) is 26.0 Å². The van der Waals surface area contributed by atoms with Gasteiger partial charge in [0.25, 0.3) is 0 Å². The molecule has 0 atom stereocenters. The van der Waals surface area contributed by atoms with Crippen LogP contribution in [0, 0.1) is 0 Å². The van der Waals surface area contributed by atoms with Crippen molar-refractivity contribution in [2.75, 3.05) is 6.54 Å². The molecule has 1 rings (SSSR count). The van der Waals surface area contributed by atoms with Crippen LogP contribution in [0.4, 0.5) is 0 Å². The zero-order valence-corrected chi connectivity index (χ0v) is 13.1. The summed E-state index contributed by atoms with van der Waals surface area (Å²) >= 11 is 6.08. The van der Waals surface area contributed by atoms with Crippen molar-refractivity contribution < 1.29 is 8.42 Å². The standard InChI is InChI=1S/C13H21ClN2O2S/c1-4-7-15-9-11-8-12(5-6-13(11)14)19(17,18)16-10(2)3/h5-6,8,10,15-16H,4,7,9H2,1-3H3. The summed E-state index contributed by atoms with van der Waals surface area (Å²) in [5.74, 6) is 0. The van der Waals surface area contributed by atoms with Crippen LogP contribution in [0.25, 0.3) is 0 Å². The molecule has 0 bridgehead atoms. The Morgan fingerprint density at radius 1 is 1.32 bits per heavy atom. The van der Waals surface area contributed by atoms with Crippen LogP contribution in [0.5, 0.6) is 0 Å². The lowest BCUT2D eigenvalue weighted by molar-refractivity contribution is 0.569. The highest BCUT2D eigenvalue weighted by Gasteiger charge is 2.16. The average Bonchev–Trinajstić information content (AvgIpc) is 2.30. The molecule has 0 spiro atoms. The quantitative estimate of drug-likeness (QED) is 0.761. The number of sulfonamides is 1. The third-order valence-corrected chi connectivity index (χ3v) is 4.49. The Morgan fingerprint density at radius 3 is 2.58 bits per heavy atom. The Hall–Kier alpha value is -0.620. The fraction of sp³-hybridized carbons (Fsp3) is 0.538. The molecule has 1 aromatic carbocycles. The Kier molecular flexibility index (Phi) is 6.26. The van der Waals surface area contributed by atoms with Crippen molar-refractivity contribution in [2.24, 2.45) is 0 Å². The van der Waals surface area contributed by atoms with Crippen molar-refractivity contribution in [1.29, 1.82) is 0 Å². The van der Waals surface area contributed by atoms with E-state index in [1.807, 2.05) is 0 Å². The van der Waals surface area contributed by atoms with E-state index < -0.39 is 10.0 Å². The van der Waals surface area contributed by atoms with Crippen molar-refractivity contribution in [1.82, 2.24) is 10.0 Å². The van der Waals surface area contributed by atoms with Crippen molar-refractivity contribution >= 4 is 21.6 Å². The Labute approximate surface area is 120 Å². The summed E-state index contributed by atoms with van der Waals surface area (Å²) in [6.07, 6.45) is 1.02. The number of rotatable bonds is 7. The molecule has 19 heavy (non-hydrogen) atoms. The van der Waals surface area contributed by atoms with Gasteiger partial charge in [0.1, 0.15) is 0 Å². The molecule has 0 radical (unpaired) electrons. The predicted octanol–water partition coefficient (Wildman–Crippen LogP) is 2.53. The van der Waals surface area contributed by atoms with Gasteiger partial charge in [-0.25, -0.2) is 13.1 Å². The summed E-state index contributed by atoms with van der Waals surface area (Å²) in [6, 6.07) is 4.63. The lowest BCUT2D eigenvalue weighted by atomic mass is 10.2. The van der Waals surface area contributed by atoms with Crippen LogP contribution in [0.1, 0.15) is 32.8 Å². The number of hydrogen-bond acceptors (Lipinski definition) is 3. The molecule has 0 heterocycles. The minimum atomic E-state index is -3.47. The van der Waals surface area contributed by atoms with E-state index >= 15 is 0 Å². The van der Waals surface area contributed by atoms with Crippen molar-refractivity contribution in [2.45, 2.75) is 44.7 Å². The number of halogens is 1. The van der Waals surface area contributed by atoms with E-state index in [0.717, 1.165) is 18.5 Å². The molecule has 0 saturated carbocycles. The largest absolute Gasteiger partial charge is 0.313 e. The molecule has 0 aromatic heterocycles. The van der Waals surface area contributed by atoms with Gasteiger partial charge in [-0.1, -0.05) is 18.5 Å². The summed E-state index contributed by atoms with van der Waals surface area (Å²) in [5.41, 5.74) is 0.793. The second kappa shape index (κ2) is 7.24. The maximum Gasteiger partial charge on any atom is 0.240 e. The molecule has 0 unspecified atom stereocenters. The van der Waals surface area contributed by atoms with Gasteiger partial charge >= 0.3 is 0 Å². The van der Waals surface area contributed by atoms with Crippen LogP contribution in [0.3, 0.4) is 0 Å². The summed E-state index contributed by atoms with van der Waals surface area (Å²) in [4.78, 5) is 0.249. The van der Waals surface area contributed by atoms with E-state index in [4.69, 9.17) is 11.6 Å². The summed E-state index contributed by atoms with van der Waals surface area (Å²) < 4.78 is 26.7. The van der Waals surface area contributed by atoms with E-state index in [1.165, 1.54) is 6.07 Å². The first-order valence-electron chi connectivity index (χ1n) is 6.38. The van der Waals surface area contributed by atoms with Crippen LogP contribution >= 0.6 is 11.6 Å². The number of hydrogen-bond donors (Lipinski definition) is 2. The maximum absolute atomic E-state index is 12.1. The van der Waals surface area contributed by atoms with Crippen molar-refractivity contribution in [3.05, 3.63) is 28.8 Å². The molecule has 0 aliphatic heterocycles.